The van der Waals surface area contributed by atoms with Crippen LogP contribution in [0.4, 0.5) is 0 Å². The van der Waals surface area contributed by atoms with Crippen molar-refractivity contribution in [3.05, 3.63) is 34.9 Å². The predicted molar refractivity (Wildman–Crippen MR) is 68.6 cm³/mol. The number of nitrogens with two attached hydrogens (primary N) is 1. The molecule has 0 fully saturated rings. The molecule has 2 rings (SSSR count). The van der Waals surface area contributed by atoms with Gasteiger partial charge in [0.25, 0.3) is 0 Å². The van der Waals surface area contributed by atoms with Crippen molar-refractivity contribution in [3.63, 3.8) is 0 Å². The molecule has 17 heavy (non-hydrogen) atoms. The summed E-state index contributed by atoms with van der Waals surface area (Å²) in [6.07, 6.45) is 5.38. The number of hydrogen-bond donors (Lipinski definition) is 2. The van der Waals surface area contributed by atoms with E-state index in [2.05, 4.69) is 23.5 Å². The molecule has 0 atom stereocenters. The van der Waals surface area contributed by atoms with Gasteiger partial charge in [-0.3, -0.25) is 4.79 Å². The average molecular weight is 232 g/mol. The molecule has 0 radical (unpaired) electrons. The Morgan fingerprint density at radius 1 is 1.24 bits per heavy atom. The number of fused-ring (bicyclic) bond motifs is 1. The summed E-state index contributed by atoms with van der Waals surface area (Å²) in [6, 6.07) is 6.56. The standard InChI is InChI=1S/C14H20N2O/c15-8-7-14(17)16-10-11-5-6-12-3-1-2-4-13(12)9-11/h5-6,9H,1-4,7-8,10,15H2,(H,16,17). The Hall–Kier alpha value is -1.35. The van der Waals surface area contributed by atoms with Crippen molar-refractivity contribution in [1.29, 1.82) is 0 Å². The third-order valence-corrected chi connectivity index (χ3v) is 3.27. The lowest BCUT2D eigenvalue weighted by Gasteiger charge is -2.16. The maximum absolute atomic E-state index is 11.3. The van der Waals surface area contributed by atoms with Gasteiger partial charge in [-0.05, 0) is 42.4 Å². The van der Waals surface area contributed by atoms with Crippen LogP contribution in [0.1, 0.15) is 36.0 Å². The Balaban J connectivity index is 1.95. The van der Waals surface area contributed by atoms with Gasteiger partial charge in [0.15, 0.2) is 0 Å². The van der Waals surface area contributed by atoms with Crippen molar-refractivity contribution in [1.82, 2.24) is 5.32 Å². The van der Waals surface area contributed by atoms with Crippen LogP contribution < -0.4 is 11.1 Å². The van der Waals surface area contributed by atoms with E-state index in [-0.39, 0.29) is 5.91 Å². The van der Waals surface area contributed by atoms with Gasteiger partial charge in [0, 0.05) is 19.5 Å². The second kappa shape index (κ2) is 5.82. The lowest BCUT2D eigenvalue weighted by molar-refractivity contribution is -0.121. The molecule has 1 amide bonds. The zero-order chi connectivity index (χ0) is 12.1. The van der Waals surface area contributed by atoms with E-state index in [1.807, 2.05) is 0 Å². The fourth-order valence-electron chi connectivity index (χ4n) is 2.32. The molecular weight excluding hydrogens is 212 g/mol. The molecule has 1 aromatic carbocycles. The van der Waals surface area contributed by atoms with Crippen LogP contribution in [-0.4, -0.2) is 12.5 Å². The van der Waals surface area contributed by atoms with Gasteiger partial charge in [-0.2, -0.15) is 0 Å². The third kappa shape index (κ3) is 3.30. The zero-order valence-electron chi connectivity index (χ0n) is 10.2. The van der Waals surface area contributed by atoms with Crippen LogP contribution in [0.3, 0.4) is 0 Å². The van der Waals surface area contributed by atoms with Gasteiger partial charge in [0.05, 0.1) is 0 Å². The molecule has 1 aliphatic carbocycles. The number of rotatable bonds is 4. The summed E-state index contributed by atoms with van der Waals surface area (Å²) in [5, 5.41) is 2.89. The van der Waals surface area contributed by atoms with E-state index in [1.165, 1.54) is 42.4 Å². The van der Waals surface area contributed by atoms with Gasteiger partial charge in [0.2, 0.25) is 5.91 Å². The molecule has 0 aromatic heterocycles. The summed E-state index contributed by atoms with van der Waals surface area (Å²) in [4.78, 5) is 11.3. The monoisotopic (exact) mass is 232 g/mol. The highest BCUT2D eigenvalue weighted by Gasteiger charge is 2.09. The number of hydrogen-bond acceptors (Lipinski definition) is 2. The van der Waals surface area contributed by atoms with Crippen molar-refractivity contribution < 1.29 is 4.79 Å². The first kappa shape index (κ1) is 12.1. The van der Waals surface area contributed by atoms with Crippen molar-refractivity contribution in [2.24, 2.45) is 5.73 Å². The van der Waals surface area contributed by atoms with Crippen LogP contribution in [0.5, 0.6) is 0 Å². The fraction of sp³-hybridized carbons (Fsp3) is 0.500. The summed E-state index contributed by atoms with van der Waals surface area (Å²) in [5.41, 5.74) is 9.46. The van der Waals surface area contributed by atoms with E-state index in [1.54, 1.807) is 0 Å². The highest BCUT2D eigenvalue weighted by atomic mass is 16.1. The number of amides is 1. The smallest absolute Gasteiger partial charge is 0.221 e. The Bertz CT molecular complexity index is 401. The highest BCUT2D eigenvalue weighted by Crippen LogP contribution is 2.22. The molecule has 92 valence electrons. The number of benzene rings is 1. The Morgan fingerprint density at radius 3 is 2.76 bits per heavy atom. The largest absolute Gasteiger partial charge is 0.352 e. The van der Waals surface area contributed by atoms with Gasteiger partial charge >= 0.3 is 0 Å². The lowest BCUT2D eigenvalue weighted by atomic mass is 9.90. The van der Waals surface area contributed by atoms with Crippen LogP contribution in [0.15, 0.2) is 18.2 Å². The third-order valence-electron chi connectivity index (χ3n) is 3.27. The van der Waals surface area contributed by atoms with Crippen LogP contribution in [0, 0.1) is 0 Å². The maximum atomic E-state index is 11.3. The van der Waals surface area contributed by atoms with Gasteiger partial charge in [-0.1, -0.05) is 18.2 Å². The Kier molecular flexibility index (Phi) is 4.15. The molecule has 3 heteroatoms. The SMILES string of the molecule is NCCC(=O)NCc1ccc2c(c1)CCCC2. The summed E-state index contributed by atoms with van der Waals surface area (Å²) in [6.45, 7) is 1.03. The van der Waals surface area contributed by atoms with Crippen LogP contribution in [0.2, 0.25) is 0 Å². The predicted octanol–water partition coefficient (Wildman–Crippen LogP) is 1.53. The number of nitrogens with one attached hydrogen (secondary N) is 1. The first-order valence-electron chi connectivity index (χ1n) is 6.37. The van der Waals surface area contributed by atoms with Crippen LogP contribution in [-0.2, 0) is 24.2 Å². The highest BCUT2D eigenvalue weighted by molar-refractivity contribution is 5.76. The summed E-state index contributed by atoms with van der Waals surface area (Å²) in [7, 11) is 0. The Morgan fingerprint density at radius 2 is 2.00 bits per heavy atom. The van der Waals surface area contributed by atoms with Gasteiger partial charge in [-0.15, -0.1) is 0 Å². The number of aryl methyl sites for hydroxylation is 2. The van der Waals surface area contributed by atoms with Crippen LogP contribution in [0.25, 0.3) is 0 Å². The molecule has 0 saturated heterocycles. The molecule has 0 aliphatic heterocycles. The van der Waals surface area contributed by atoms with E-state index in [4.69, 9.17) is 5.73 Å². The molecule has 0 heterocycles. The number of carbonyl (C=O) groups is 1. The molecule has 0 saturated carbocycles. The Labute approximate surface area is 102 Å². The van der Waals surface area contributed by atoms with Gasteiger partial charge < -0.3 is 11.1 Å². The van der Waals surface area contributed by atoms with Crippen molar-refractivity contribution in [2.75, 3.05) is 6.54 Å². The molecule has 0 bridgehead atoms. The van der Waals surface area contributed by atoms with Gasteiger partial charge in [0.1, 0.15) is 0 Å². The quantitative estimate of drug-likeness (QED) is 0.827. The van der Waals surface area contributed by atoms with E-state index in [0.29, 0.717) is 19.5 Å². The minimum absolute atomic E-state index is 0.0326. The first-order chi connectivity index (χ1) is 8.29. The summed E-state index contributed by atoms with van der Waals surface area (Å²) < 4.78 is 0. The minimum Gasteiger partial charge on any atom is -0.352 e. The molecule has 1 aromatic rings. The maximum Gasteiger partial charge on any atom is 0.221 e. The van der Waals surface area contributed by atoms with E-state index < -0.39 is 0 Å². The van der Waals surface area contributed by atoms with E-state index >= 15 is 0 Å². The molecule has 3 nitrogen and oxygen atoms in total. The first-order valence-corrected chi connectivity index (χ1v) is 6.37. The lowest BCUT2D eigenvalue weighted by Crippen LogP contribution is -2.25. The second-order valence-electron chi connectivity index (χ2n) is 4.63. The van der Waals surface area contributed by atoms with E-state index in [9.17, 15) is 4.79 Å². The fourth-order valence-corrected chi connectivity index (χ4v) is 2.32. The van der Waals surface area contributed by atoms with Crippen LogP contribution >= 0.6 is 0 Å². The molecule has 0 unspecified atom stereocenters. The zero-order valence-corrected chi connectivity index (χ0v) is 10.2. The second-order valence-corrected chi connectivity index (χ2v) is 4.63. The number of carbonyl (C=O) groups excluding carboxylic acids is 1. The molecule has 0 spiro atoms. The molecule has 1 aliphatic rings. The average Bonchev–Trinajstić information content (AvgIpc) is 2.36. The summed E-state index contributed by atoms with van der Waals surface area (Å²) in [5.74, 6) is 0.0326. The summed E-state index contributed by atoms with van der Waals surface area (Å²) >= 11 is 0. The van der Waals surface area contributed by atoms with Crippen molar-refractivity contribution in [2.45, 2.75) is 38.6 Å². The normalized spacial score (nSPS) is 14.2. The van der Waals surface area contributed by atoms with E-state index in [0.717, 1.165) is 0 Å². The topological polar surface area (TPSA) is 55.1 Å². The molecular formula is C14H20N2O. The van der Waals surface area contributed by atoms with Gasteiger partial charge in [-0.25, -0.2) is 0 Å². The van der Waals surface area contributed by atoms with Crippen molar-refractivity contribution in [3.8, 4) is 0 Å². The van der Waals surface area contributed by atoms with Crippen molar-refractivity contribution >= 4 is 5.91 Å². The minimum atomic E-state index is 0.0326. The molecule has 3 N–H and O–H groups in total.